The van der Waals surface area contributed by atoms with Gasteiger partial charge in [-0.05, 0) is 50.1 Å². The van der Waals surface area contributed by atoms with Gasteiger partial charge >= 0.3 is 0 Å². The Balaban J connectivity index is 1.48. The summed E-state index contributed by atoms with van der Waals surface area (Å²) in [5, 5.41) is 3.87. The molecule has 0 saturated carbocycles. The van der Waals surface area contributed by atoms with E-state index in [9.17, 15) is 4.79 Å². The molecule has 4 rings (SSSR count). The maximum atomic E-state index is 13.0. The molecule has 2 aromatic carbocycles. The molecule has 27 heavy (non-hydrogen) atoms. The fourth-order valence-corrected chi connectivity index (χ4v) is 3.34. The number of carbonyl (C=O) groups is 1. The predicted octanol–water partition coefficient (Wildman–Crippen LogP) is 4.19. The van der Waals surface area contributed by atoms with Gasteiger partial charge in [-0.25, -0.2) is 0 Å². The van der Waals surface area contributed by atoms with Gasteiger partial charge in [-0.2, -0.15) is 4.98 Å². The standard InChI is InChI=1S/C21H21N3O3/c1-15-22-20(27-23-15)17-8-6-12-24(14-17)21(25)16-7-5-11-19(13-16)26-18-9-3-2-4-10-18/h2-5,7,9-11,13,17H,6,8,12,14H2,1H3/t17-/m1/s1. The second-order valence-electron chi connectivity index (χ2n) is 6.71. The number of para-hydroxylation sites is 1. The van der Waals surface area contributed by atoms with E-state index in [1.54, 1.807) is 13.0 Å². The van der Waals surface area contributed by atoms with E-state index in [4.69, 9.17) is 9.26 Å². The topological polar surface area (TPSA) is 68.5 Å². The minimum absolute atomic E-state index is 0.00514. The summed E-state index contributed by atoms with van der Waals surface area (Å²) in [6, 6.07) is 16.8. The summed E-state index contributed by atoms with van der Waals surface area (Å²) in [6.07, 6.45) is 1.86. The molecule has 1 amide bonds. The van der Waals surface area contributed by atoms with Crippen LogP contribution in [0, 0.1) is 6.92 Å². The van der Waals surface area contributed by atoms with Gasteiger partial charge in [0, 0.05) is 18.7 Å². The van der Waals surface area contributed by atoms with Gasteiger partial charge < -0.3 is 14.2 Å². The van der Waals surface area contributed by atoms with Crippen LogP contribution in [0.1, 0.15) is 40.8 Å². The Morgan fingerprint density at radius 3 is 2.74 bits per heavy atom. The number of piperidine rings is 1. The molecule has 6 nitrogen and oxygen atoms in total. The third kappa shape index (κ3) is 4.00. The van der Waals surface area contributed by atoms with E-state index < -0.39 is 0 Å². The molecule has 1 fully saturated rings. The molecular formula is C21H21N3O3. The zero-order valence-electron chi connectivity index (χ0n) is 15.2. The lowest BCUT2D eigenvalue weighted by Gasteiger charge is -2.31. The van der Waals surface area contributed by atoms with Gasteiger partial charge in [0.25, 0.3) is 5.91 Å². The van der Waals surface area contributed by atoms with Crippen LogP contribution in [0.5, 0.6) is 11.5 Å². The number of hydrogen-bond donors (Lipinski definition) is 0. The van der Waals surface area contributed by atoms with Crippen molar-refractivity contribution in [2.45, 2.75) is 25.7 Å². The molecule has 3 aromatic rings. The number of aromatic nitrogens is 2. The highest BCUT2D eigenvalue weighted by Gasteiger charge is 2.28. The van der Waals surface area contributed by atoms with Crippen LogP contribution < -0.4 is 4.74 Å². The summed E-state index contributed by atoms with van der Waals surface area (Å²) in [5.41, 5.74) is 0.616. The van der Waals surface area contributed by atoms with Crippen molar-refractivity contribution in [2.75, 3.05) is 13.1 Å². The second kappa shape index (κ2) is 7.61. The number of aryl methyl sites for hydroxylation is 1. The Labute approximate surface area is 157 Å². The molecule has 0 N–H and O–H groups in total. The average molecular weight is 363 g/mol. The Morgan fingerprint density at radius 1 is 1.15 bits per heavy atom. The third-order valence-corrected chi connectivity index (χ3v) is 4.66. The number of hydrogen-bond acceptors (Lipinski definition) is 5. The second-order valence-corrected chi connectivity index (χ2v) is 6.71. The molecule has 0 radical (unpaired) electrons. The highest BCUT2D eigenvalue weighted by molar-refractivity contribution is 5.94. The molecule has 2 heterocycles. The highest BCUT2D eigenvalue weighted by atomic mass is 16.5. The lowest BCUT2D eigenvalue weighted by atomic mass is 9.97. The SMILES string of the molecule is Cc1noc([C@@H]2CCCN(C(=O)c3cccc(Oc4ccccc4)c3)C2)n1. The molecule has 1 aliphatic rings. The van der Waals surface area contributed by atoms with Crippen LogP contribution in [0.4, 0.5) is 0 Å². The quantitative estimate of drug-likeness (QED) is 0.695. The Bertz CT molecular complexity index is 923. The zero-order chi connectivity index (χ0) is 18.6. The van der Waals surface area contributed by atoms with Gasteiger partial charge in [0.05, 0.1) is 5.92 Å². The fourth-order valence-electron chi connectivity index (χ4n) is 3.34. The first-order valence-electron chi connectivity index (χ1n) is 9.11. The lowest BCUT2D eigenvalue weighted by molar-refractivity contribution is 0.0695. The van der Waals surface area contributed by atoms with Gasteiger partial charge in [0.1, 0.15) is 11.5 Å². The number of ether oxygens (including phenoxy) is 1. The number of carbonyl (C=O) groups excluding carboxylic acids is 1. The van der Waals surface area contributed by atoms with Crippen molar-refractivity contribution < 1.29 is 14.1 Å². The van der Waals surface area contributed by atoms with Crippen molar-refractivity contribution in [3.63, 3.8) is 0 Å². The Hall–Kier alpha value is -3.15. The molecule has 1 aromatic heterocycles. The van der Waals surface area contributed by atoms with Crippen LogP contribution >= 0.6 is 0 Å². The predicted molar refractivity (Wildman–Crippen MR) is 99.9 cm³/mol. The number of amides is 1. The van der Waals surface area contributed by atoms with Crippen LogP contribution in [0.15, 0.2) is 59.1 Å². The van der Waals surface area contributed by atoms with Gasteiger partial charge in [-0.1, -0.05) is 29.4 Å². The average Bonchev–Trinajstić information content (AvgIpc) is 3.15. The first-order valence-corrected chi connectivity index (χ1v) is 9.11. The molecule has 1 atom stereocenters. The van der Waals surface area contributed by atoms with E-state index in [0.717, 1.165) is 25.1 Å². The van der Waals surface area contributed by atoms with Crippen LogP contribution in [-0.4, -0.2) is 34.0 Å². The van der Waals surface area contributed by atoms with Crippen molar-refractivity contribution in [1.29, 1.82) is 0 Å². The first-order chi connectivity index (χ1) is 13.2. The van der Waals surface area contributed by atoms with Crippen LogP contribution in [0.25, 0.3) is 0 Å². The minimum Gasteiger partial charge on any atom is -0.457 e. The Kier molecular flexibility index (Phi) is 4.87. The summed E-state index contributed by atoms with van der Waals surface area (Å²) in [4.78, 5) is 19.2. The van der Waals surface area contributed by atoms with E-state index in [-0.39, 0.29) is 11.8 Å². The molecule has 0 bridgehead atoms. The number of nitrogens with zero attached hydrogens (tertiary/aromatic N) is 3. The van der Waals surface area contributed by atoms with Gasteiger partial charge in [0.2, 0.25) is 5.89 Å². The summed E-state index contributed by atoms with van der Waals surface area (Å²) in [5.74, 6) is 2.72. The maximum Gasteiger partial charge on any atom is 0.254 e. The normalized spacial score (nSPS) is 16.9. The third-order valence-electron chi connectivity index (χ3n) is 4.66. The summed E-state index contributed by atoms with van der Waals surface area (Å²) in [6.45, 7) is 3.12. The summed E-state index contributed by atoms with van der Waals surface area (Å²) in [7, 11) is 0. The van der Waals surface area contributed by atoms with Crippen molar-refractivity contribution >= 4 is 5.91 Å². The smallest absolute Gasteiger partial charge is 0.254 e. The number of likely N-dealkylation sites (tertiary alicyclic amines) is 1. The van der Waals surface area contributed by atoms with E-state index in [2.05, 4.69) is 10.1 Å². The molecule has 0 aliphatic carbocycles. The highest BCUT2D eigenvalue weighted by Crippen LogP contribution is 2.28. The van der Waals surface area contributed by atoms with Gasteiger partial charge in [-0.3, -0.25) is 4.79 Å². The van der Waals surface area contributed by atoms with Gasteiger partial charge in [-0.15, -0.1) is 0 Å². The minimum atomic E-state index is -0.00514. The zero-order valence-corrected chi connectivity index (χ0v) is 15.2. The van der Waals surface area contributed by atoms with E-state index in [0.29, 0.717) is 29.6 Å². The lowest BCUT2D eigenvalue weighted by Crippen LogP contribution is -2.39. The van der Waals surface area contributed by atoms with Crippen molar-refractivity contribution in [3.8, 4) is 11.5 Å². The van der Waals surface area contributed by atoms with E-state index in [1.165, 1.54) is 0 Å². The van der Waals surface area contributed by atoms with Crippen LogP contribution in [0.2, 0.25) is 0 Å². The van der Waals surface area contributed by atoms with Gasteiger partial charge in [0.15, 0.2) is 5.82 Å². The van der Waals surface area contributed by atoms with E-state index in [1.807, 2.05) is 53.4 Å². The molecule has 0 unspecified atom stereocenters. The molecular weight excluding hydrogens is 342 g/mol. The summed E-state index contributed by atoms with van der Waals surface area (Å²) < 4.78 is 11.1. The maximum absolute atomic E-state index is 13.0. The monoisotopic (exact) mass is 363 g/mol. The molecule has 6 heteroatoms. The molecule has 0 spiro atoms. The summed E-state index contributed by atoms with van der Waals surface area (Å²) >= 11 is 0. The number of benzene rings is 2. The van der Waals surface area contributed by atoms with Crippen molar-refractivity contribution in [1.82, 2.24) is 15.0 Å². The van der Waals surface area contributed by atoms with E-state index >= 15 is 0 Å². The number of rotatable bonds is 4. The van der Waals surface area contributed by atoms with Crippen molar-refractivity contribution in [2.24, 2.45) is 0 Å². The Morgan fingerprint density at radius 2 is 1.96 bits per heavy atom. The van der Waals surface area contributed by atoms with Crippen LogP contribution in [0.3, 0.4) is 0 Å². The molecule has 1 saturated heterocycles. The fraction of sp³-hybridized carbons (Fsp3) is 0.286. The van der Waals surface area contributed by atoms with Crippen molar-refractivity contribution in [3.05, 3.63) is 71.9 Å². The first kappa shape index (κ1) is 17.3. The van der Waals surface area contributed by atoms with Crippen LogP contribution in [-0.2, 0) is 0 Å². The molecule has 138 valence electrons. The molecule has 1 aliphatic heterocycles. The largest absolute Gasteiger partial charge is 0.457 e.